The van der Waals surface area contributed by atoms with Crippen LogP contribution in [-0.4, -0.2) is 16.5 Å². The Hall–Kier alpha value is -1.36. The molecule has 3 N–H and O–H groups in total. The fourth-order valence-corrected chi connectivity index (χ4v) is 3.46. The predicted octanol–water partition coefficient (Wildman–Crippen LogP) is 4.46. The van der Waals surface area contributed by atoms with Crippen LogP contribution < -0.4 is 11.1 Å². The molecule has 0 aliphatic heterocycles. The van der Waals surface area contributed by atoms with E-state index in [9.17, 15) is 0 Å². The van der Waals surface area contributed by atoms with Crippen LogP contribution in [0.1, 0.15) is 51.3 Å². The Bertz CT molecular complexity index is 579. The molecule has 5 heteroatoms. The van der Waals surface area contributed by atoms with Crippen LogP contribution in [0.4, 0.5) is 11.8 Å². The van der Waals surface area contributed by atoms with E-state index in [0.717, 1.165) is 29.0 Å². The van der Waals surface area contributed by atoms with Crippen molar-refractivity contribution in [1.29, 1.82) is 0 Å². The molecular formula is C16H26N4S. The van der Waals surface area contributed by atoms with Crippen molar-refractivity contribution in [3.8, 4) is 0 Å². The number of thiophene rings is 1. The molecule has 0 saturated carbocycles. The molecule has 2 rings (SSSR count). The molecule has 0 fully saturated rings. The van der Waals surface area contributed by atoms with Crippen LogP contribution in [0.25, 0.3) is 10.2 Å². The molecule has 0 aliphatic carbocycles. The van der Waals surface area contributed by atoms with Gasteiger partial charge in [0.1, 0.15) is 10.6 Å². The first-order chi connectivity index (χ1) is 10.2. The van der Waals surface area contributed by atoms with E-state index < -0.39 is 0 Å². The summed E-state index contributed by atoms with van der Waals surface area (Å²) in [4.78, 5) is 11.1. The molecule has 2 heterocycles. The number of unbranched alkanes of at least 4 members (excludes halogenated alkanes) is 1. The highest BCUT2D eigenvalue weighted by molar-refractivity contribution is 7.18. The summed E-state index contributed by atoms with van der Waals surface area (Å²) in [6, 6.07) is 2.19. The Balaban J connectivity index is 2.15. The van der Waals surface area contributed by atoms with Gasteiger partial charge in [-0.15, -0.1) is 11.3 Å². The Morgan fingerprint density at radius 1 is 1.29 bits per heavy atom. The Labute approximate surface area is 131 Å². The molecular weight excluding hydrogens is 280 g/mol. The van der Waals surface area contributed by atoms with Gasteiger partial charge in [-0.1, -0.05) is 40.0 Å². The van der Waals surface area contributed by atoms with Crippen molar-refractivity contribution >= 4 is 33.3 Å². The van der Waals surface area contributed by atoms with Gasteiger partial charge in [0.15, 0.2) is 0 Å². The third kappa shape index (κ3) is 4.06. The molecule has 0 saturated heterocycles. The molecule has 116 valence electrons. The quantitative estimate of drug-likeness (QED) is 0.755. The number of rotatable bonds is 8. The van der Waals surface area contributed by atoms with Crippen molar-refractivity contribution in [1.82, 2.24) is 9.97 Å². The lowest BCUT2D eigenvalue weighted by atomic mass is 9.99. The first-order valence-corrected chi connectivity index (χ1v) is 8.79. The normalized spacial score (nSPS) is 12.7. The molecule has 0 amide bonds. The van der Waals surface area contributed by atoms with Crippen molar-refractivity contribution in [3.63, 3.8) is 0 Å². The molecule has 0 spiro atoms. The Kier molecular flexibility index (Phi) is 5.79. The van der Waals surface area contributed by atoms with E-state index in [4.69, 9.17) is 5.73 Å². The number of aryl methyl sites for hydroxylation is 1. The Morgan fingerprint density at radius 3 is 2.76 bits per heavy atom. The van der Waals surface area contributed by atoms with E-state index >= 15 is 0 Å². The van der Waals surface area contributed by atoms with Gasteiger partial charge in [-0.3, -0.25) is 0 Å². The highest BCUT2D eigenvalue weighted by atomic mass is 32.1. The van der Waals surface area contributed by atoms with E-state index in [1.54, 1.807) is 11.3 Å². The predicted molar refractivity (Wildman–Crippen MR) is 93.0 cm³/mol. The van der Waals surface area contributed by atoms with E-state index in [-0.39, 0.29) is 0 Å². The van der Waals surface area contributed by atoms with E-state index in [2.05, 4.69) is 42.1 Å². The molecule has 0 radical (unpaired) electrons. The van der Waals surface area contributed by atoms with Crippen LogP contribution in [0.3, 0.4) is 0 Å². The van der Waals surface area contributed by atoms with Crippen molar-refractivity contribution < 1.29 is 0 Å². The van der Waals surface area contributed by atoms with Gasteiger partial charge in [-0.05, 0) is 24.8 Å². The second-order valence-electron chi connectivity index (χ2n) is 5.51. The lowest BCUT2D eigenvalue weighted by Crippen LogP contribution is -2.15. The summed E-state index contributed by atoms with van der Waals surface area (Å²) < 4.78 is 0. The van der Waals surface area contributed by atoms with Crippen LogP contribution in [0.5, 0.6) is 0 Å². The number of aromatic nitrogens is 2. The summed E-state index contributed by atoms with van der Waals surface area (Å²) in [5.41, 5.74) is 5.84. The monoisotopic (exact) mass is 306 g/mol. The third-order valence-corrected chi connectivity index (χ3v) is 5.08. The lowest BCUT2D eigenvalue weighted by molar-refractivity contribution is 0.472. The molecule has 4 nitrogen and oxygen atoms in total. The SMILES string of the molecule is CCCCC(CC)CNc1nc(N)nc2sc(CC)cc12. The molecule has 1 atom stereocenters. The Morgan fingerprint density at radius 2 is 2.10 bits per heavy atom. The smallest absolute Gasteiger partial charge is 0.223 e. The van der Waals surface area contributed by atoms with Crippen LogP contribution in [0, 0.1) is 5.92 Å². The second-order valence-corrected chi connectivity index (χ2v) is 6.63. The number of hydrogen-bond donors (Lipinski definition) is 2. The molecule has 0 bridgehead atoms. The topological polar surface area (TPSA) is 63.8 Å². The maximum atomic E-state index is 5.84. The molecule has 2 aromatic heterocycles. The number of nitrogens with two attached hydrogens (primary N) is 1. The summed E-state index contributed by atoms with van der Waals surface area (Å²) >= 11 is 1.71. The average molecular weight is 306 g/mol. The van der Waals surface area contributed by atoms with Crippen molar-refractivity contribution in [3.05, 3.63) is 10.9 Å². The van der Waals surface area contributed by atoms with E-state index in [0.29, 0.717) is 11.9 Å². The maximum Gasteiger partial charge on any atom is 0.223 e. The maximum absolute atomic E-state index is 5.84. The van der Waals surface area contributed by atoms with Crippen molar-refractivity contribution in [2.45, 2.75) is 52.9 Å². The molecule has 0 aromatic carbocycles. The highest BCUT2D eigenvalue weighted by Gasteiger charge is 2.12. The van der Waals surface area contributed by atoms with E-state index in [1.165, 1.54) is 30.6 Å². The van der Waals surface area contributed by atoms with Gasteiger partial charge in [0.05, 0.1) is 5.39 Å². The fraction of sp³-hybridized carbons (Fsp3) is 0.625. The standard InChI is InChI=1S/C16H26N4S/c1-4-7-8-11(5-2)10-18-14-13-9-12(6-3)21-15(13)20-16(17)19-14/h9,11H,4-8,10H2,1-3H3,(H3,17,18,19,20). The van der Waals surface area contributed by atoms with Crippen LogP contribution in [0.15, 0.2) is 6.07 Å². The minimum Gasteiger partial charge on any atom is -0.369 e. The number of nitrogen functional groups attached to an aromatic ring is 1. The third-order valence-electron chi connectivity index (χ3n) is 3.91. The van der Waals surface area contributed by atoms with Crippen molar-refractivity contribution in [2.75, 3.05) is 17.6 Å². The summed E-state index contributed by atoms with van der Waals surface area (Å²) in [5.74, 6) is 1.94. The molecule has 2 aromatic rings. The summed E-state index contributed by atoms with van der Waals surface area (Å²) in [6.45, 7) is 7.62. The second kappa shape index (κ2) is 7.59. The van der Waals surface area contributed by atoms with E-state index in [1.807, 2.05) is 0 Å². The largest absolute Gasteiger partial charge is 0.369 e. The zero-order chi connectivity index (χ0) is 15.2. The van der Waals surface area contributed by atoms with Gasteiger partial charge < -0.3 is 11.1 Å². The number of nitrogens with one attached hydrogen (secondary N) is 1. The first-order valence-electron chi connectivity index (χ1n) is 7.97. The molecule has 21 heavy (non-hydrogen) atoms. The highest BCUT2D eigenvalue weighted by Crippen LogP contribution is 2.30. The minimum absolute atomic E-state index is 0.358. The molecule has 1 unspecified atom stereocenters. The van der Waals surface area contributed by atoms with Gasteiger partial charge in [-0.25, -0.2) is 4.98 Å². The zero-order valence-electron chi connectivity index (χ0n) is 13.3. The number of hydrogen-bond acceptors (Lipinski definition) is 5. The van der Waals surface area contributed by atoms with Gasteiger partial charge in [0, 0.05) is 11.4 Å². The van der Waals surface area contributed by atoms with Gasteiger partial charge in [-0.2, -0.15) is 4.98 Å². The number of anilines is 2. The summed E-state index contributed by atoms with van der Waals surface area (Å²) in [7, 11) is 0. The fourth-order valence-electron chi connectivity index (χ4n) is 2.48. The van der Waals surface area contributed by atoms with Crippen molar-refractivity contribution in [2.24, 2.45) is 5.92 Å². The van der Waals surface area contributed by atoms with Crippen LogP contribution in [0.2, 0.25) is 0 Å². The summed E-state index contributed by atoms with van der Waals surface area (Å²) in [6.07, 6.45) is 6.04. The van der Waals surface area contributed by atoms with Crippen LogP contribution in [-0.2, 0) is 6.42 Å². The first kappa shape index (κ1) is 16.0. The van der Waals surface area contributed by atoms with Gasteiger partial charge in [0.25, 0.3) is 0 Å². The average Bonchev–Trinajstić information content (AvgIpc) is 2.90. The van der Waals surface area contributed by atoms with Gasteiger partial charge >= 0.3 is 0 Å². The number of fused-ring (bicyclic) bond motifs is 1. The van der Waals surface area contributed by atoms with Gasteiger partial charge in [0.2, 0.25) is 5.95 Å². The van der Waals surface area contributed by atoms with Crippen LogP contribution >= 0.6 is 11.3 Å². The summed E-state index contributed by atoms with van der Waals surface area (Å²) in [5, 5.41) is 4.61. The zero-order valence-corrected chi connectivity index (χ0v) is 14.1. The molecule has 0 aliphatic rings. The minimum atomic E-state index is 0.358. The number of nitrogens with zero attached hydrogens (tertiary/aromatic N) is 2. The lowest BCUT2D eigenvalue weighted by Gasteiger charge is -2.16.